The molecule has 0 aliphatic heterocycles. The number of nitriles is 1. The molecule has 0 radical (unpaired) electrons. The van der Waals surface area contributed by atoms with Gasteiger partial charge in [-0.2, -0.15) is 5.26 Å². The van der Waals surface area contributed by atoms with Crippen LogP contribution in [0.5, 0.6) is 5.75 Å². The van der Waals surface area contributed by atoms with Crippen molar-refractivity contribution in [2.75, 3.05) is 19.9 Å². The third kappa shape index (κ3) is 3.16. The fourth-order valence-electron chi connectivity index (χ4n) is 1.12. The Morgan fingerprint density at radius 1 is 1.50 bits per heavy atom. The molecule has 1 aromatic rings. The maximum Gasteiger partial charge on any atom is 0.132 e. The summed E-state index contributed by atoms with van der Waals surface area (Å²) < 4.78 is 5.25. The predicted octanol–water partition coefficient (Wildman–Crippen LogP) is 2.29. The number of hydrogen-bond donors (Lipinski definition) is 1. The zero-order valence-corrected chi connectivity index (χ0v) is 10.6. The van der Waals surface area contributed by atoms with E-state index in [0.29, 0.717) is 5.75 Å². The molecule has 1 N–H and O–H groups in total. The van der Waals surface area contributed by atoms with E-state index < -0.39 is 5.54 Å². The Hall–Kier alpha value is -1.18. The van der Waals surface area contributed by atoms with Crippen LogP contribution in [-0.2, 0) is 0 Å². The number of benzene rings is 1. The number of para-hydroxylation sites is 1. The van der Waals surface area contributed by atoms with Gasteiger partial charge in [-0.3, -0.25) is 0 Å². The van der Waals surface area contributed by atoms with E-state index in [2.05, 4.69) is 11.4 Å². The Labute approximate surface area is 101 Å². The van der Waals surface area contributed by atoms with Crippen molar-refractivity contribution in [2.45, 2.75) is 17.4 Å². The number of hydrogen-bond acceptors (Lipinski definition) is 4. The molecule has 1 unspecified atom stereocenters. The van der Waals surface area contributed by atoms with E-state index >= 15 is 0 Å². The third-order valence-electron chi connectivity index (χ3n) is 2.38. The van der Waals surface area contributed by atoms with E-state index in [1.54, 1.807) is 25.9 Å². The van der Waals surface area contributed by atoms with E-state index in [4.69, 9.17) is 10.00 Å². The number of rotatable bonds is 5. The third-order valence-corrected chi connectivity index (χ3v) is 3.75. The molecule has 0 heterocycles. The molecule has 0 bridgehead atoms. The fraction of sp³-hybridized carbons (Fsp3) is 0.417. The van der Waals surface area contributed by atoms with Crippen LogP contribution in [0.3, 0.4) is 0 Å². The molecule has 4 heteroatoms. The molecule has 16 heavy (non-hydrogen) atoms. The molecule has 3 nitrogen and oxygen atoms in total. The van der Waals surface area contributed by atoms with E-state index in [0.717, 1.165) is 10.6 Å². The van der Waals surface area contributed by atoms with Crippen LogP contribution in [-0.4, -0.2) is 25.4 Å². The van der Waals surface area contributed by atoms with Crippen molar-refractivity contribution < 1.29 is 4.74 Å². The average Bonchev–Trinajstić information content (AvgIpc) is 2.36. The summed E-state index contributed by atoms with van der Waals surface area (Å²) in [6.07, 6.45) is 0. The summed E-state index contributed by atoms with van der Waals surface area (Å²) in [7, 11) is 3.45. The number of methoxy groups -OCH3 is 1. The van der Waals surface area contributed by atoms with Gasteiger partial charge in [-0.25, -0.2) is 0 Å². The number of nitrogens with one attached hydrogen (secondary N) is 1. The summed E-state index contributed by atoms with van der Waals surface area (Å²) in [5, 5.41) is 12.0. The highest BCUT2D eigenvalue weighted by atomic mass is 32.2. The van der Waals surface area contributed by atoms with Crippen molar-refractivity contribution in [2.24, 2.45) is 0 Å². The standard InChI is InChI=1S/C12H16N2OS/c1-12(8-13,14-2)9-16-11-7-5-4-6-10(11)15-3/h4-7,14H,9H2,1-3H3. The summed E-state index contributed by atoms with van der Waals surface area (Å²) >= 11 is 1.62. The highest BCUT2D eigenvalue weighted by molar-refractivity contribution is 7.99. The molecular weight excluding hydrogens is 220 g/mol. The first-order chi connectivity index (χ1) is 7.65. The minimum atomic E-state index is -0.508. The Morgan fingerprint density at radius 3 is 2.75 bits per heavy atom. The maximum atomic E-state index is 9.03. The van der Waals surface area contributed by atoms with Gasteiger partial charge >= 0.3 is 0 Å². The second kappa shape index (κ2) is 5.78. The van der Waals surface area contributed by atoms with Crippen LogP contribution in [0, 0.1) is 11.3 Å². The molecule has 1 rings (SSSR count). The molecule has 86 valence electrons. The minimum absolute atomic E-state index is 0.508. The molecule has 0 fully saturated rings. The lowest BCUT2D eigenvalue weighted by atomic mass is 10.1. The van der Waals surface area contributed by atoms with Crippen LogP contribution in [0.1, 0.15) is 6.92 Å². The van der Waals surface area contributed by atoms with Gasteiger partial charge in [0.05, 0.1) is 13.2 Å². The van der Waals surface area contributed by atoms with Crippen molar-refractivity contribution in [3.8, 4) is 11.8 Å². The molecule has 0 spiro atoms. The average molecular weight is 236 g/mol. The van der Waals surface area contributed by atoms with Gasteiger partial charge in [0, 0.05) is 10.6 Å². The summed E-state index contributed by atoms with van der Waals surface area (Å²) in [6.45, 7) is 1.88. The van der Waals surface area contributed by atoms with Crippen LogP contribution >= 0.6 is 11.8 Å². The van der Waals surface area contributed by atoms with Crippen molar-refractivity contribution in [3.05, 3.63) is 24.3 Å². The van der Waals surface area contributed by atoms with Gasteiger partial charge in [-0.1, -0.05) is 12.1 Å². The number of nitrogens with zero attached hydrogens (tertiary/aromatic N) is 1. The molecule has 0 aliphatic rings. The van der Waals surface area contributed by atoms with Crippen molar-refractivity contribution >= 4 is 11.8 Å². The first-order valence-corrected chi connectivity index (χ1v) is 6.00. The summed E-state index contributed by atoms with van der Waals surface area (Å²) in [6, 6.07) is 10.1. The maximum absolute atomic E-state index is 9.03. The lowest BCUT2D eigenvalue weighted by Gasteiger charge is -2.20. The normalized spacial score (nSPS) is 13.9. The second-order valence-electron chi connectivity index (χ2n) is 3.63. The van der Waals surface area contributed by atoms with Crippen LogP contribution < -0.4 is 10.1 Å². The molecule has 0 aliphatic carbocycles. The summed E-state index contributed by atoms with van der Waals surface area (Å²) in [5.74, 6) is 1.53. The molecule has 0 aromatic heterocycles. The Kier molecular flexibility index (Phi) is 4.66. The van der Waals surface area contributed by atoms with Gasteiger partial charge in [0.25, 0.3) is 0 Å². The van der Waals surface area contributed by atoms with E-state index in [1.165, 1.54) is 0 Å². The smallest absolute Gasteiger partial charge is 0.132 e. The fourth-order valence-corrected chi connectivity index (χ4v) is 2.24. The SMILES string of the molecule is CNC(C)(C#N)CSc1ccccc1OC. The van der Waals surface area contributed by atoms with Gasteiger partial charge in [-0.15, -0.1) is 11.8 Å². The highest BCUT2D eigenvalue weighted by Gasteiger charge is 2.21. The molecule has 1 atom stereocenters. The molecule has 1 aromatic carbocycles. The van der Waals surface area contributed by atoms with Gasteiger partial charge in [0.1, 0.15) is 11.3 Å². The zero-order valence-electron chi connectivity index (χ0n) is 9.78. The quantitative estimate of drug-likeness (QED) is 0.797. The zero-order chi connectivity index (χ0) is 12.0. The topological polar surface area (TPSA) is 45.0 Å². The minimum Gasteiger partial charge on any atom is -0.496 e. The van der Waals surface area contributed by atoms with Crippen LogP contribution in [0.4, 0.5) is 0 Å². The second-order valence-corrected chi connectivity index (χ2v) is 4.65. The molecule has 0 amide bonds. The van der Waals surface area contributed by atoms with E-state index in [1.807, 2.05) is 31.2 Å². The summed E-state index contributed by atoms with van der Waals surface area (Å²) in [5.41, 5.74) is -0.508. The Morgan fingerprint density at radius 2 is 2.19 bits per heavy atom. The number of ether oxygens (including phenoxy) is 1. The van der Waals surface area contributed by atoms with Crippen molar-refractivity contribution in [1.82, 2.24) is 5.32 Å². The molecule has 0 saturated heterocycles. The largest absolute Gasteiger partial charge is 0.496 e. The molecule has 0 saturated carbocycles. The van der Waals surface area contributed by atoms with Gasteiger partial charge in [-0.05, 0) is 26.1 Å². The van der Waals surface area contributed by atoms with Crippen molar-refractivity contribution in [1.29, 1.82) is 5.26 Å². The lowest BCUT2D eigenvalue weighted by molar-refractivity contribution is 0.404. The molecular formula is C12H16N2OS. The van der Waals surface area contributed by atoms with Gasteiger partial charge < -0.3 is 10.1 Å². The first-order valence-electron chi connectivity index (χ1n) is 5.01. The van der Waals surface area contributed by atoms with E-state index in [9.17, 15) is 0 Å². The Balaban J connectivity index is 2.71. The van der Waals surface area contributed by atoms with Crippen LogP contribution in [0.15, 0.2) is 29.2 Å². The monoisotopic (exact) mass is 236 g/mol. The highest BCUT2D eigenvalue weighted by Crippen LogP contribution is 2.30. The van der Waals surface area contributed by atoms with E-state index in [-0.39, 0.29) is 0 Å². The van der Waals surface area contributed by atoms with Crippen molar-refractivity contribution in [3.63, 3.8) is 0 Å². The van der Waals surface area contributed by atoms with Crippen LogP contribution in [0.25, 0.3) is 0 Å². The Bertz CT molecular complexity index is 389. The lowest BCUT2D eigenvalue weighted by Crippen LogP contribution is -2.40. The summed E-state index contributed by atoms with van der Waals surface area (Å²) in [4.78, 5) is 1.06. The number of thioether (sulfide) groups is 1. The van der Waals surface area contributed by atoms with Gasteiger partial charge in [0.15, 0.2) is 0 Å². The van der Waals surface area contributed by atoms with Gasteiger partial charge in [0.2, 0.25) is 0 Å². The van der Waals surface area contributed by atoms with Crippen LogP contribution in [0.2, 0.25) is 0 Å². The predicted molar refractivity (Wildman–Crippen MR) is 66.8 cm³/mol. The first kappa shape index (κ1) is 12.9.